The summed E-state index contributed by atoms with van der Waals surface area (Å²) in [5.41, 5.74) is 13.0. The zero-order chi connectivity index (χ0) is 39.4. The molecule has 0 aliphatic heterocycles. The van der Waals surface area contributed by atoms with Crippen molar-refractivity contribution in [3.05, 3.63) is 170 Å². The van der Waals surface area contributed by atoms with Gasteiger partial charge in [0.05, 0.1) is 0 Å². The first-order chi connectivity index (χ1) is 25.0. The Morgan fingerprint density at radius 2 is 1.14 bits per heavy atom. The Hall–Kier alpha value is -3.38. The zero-order valence-corrected chi connectivity index (χ0v) is 36.2. The predicted octanol–water partition coefficient (Wildman–Crippen LogP) is 7.22. The van der Waals surface area contributed by atoms with Crippen molar-refractivity contribution in [3.63, 3.8) is 0 Å². The summed E-state index contributed by atoms with van der Waals surface area (Å²) < 4.78 is 75.6. The van der Waals surface area contributed by atoms with Crippen molar-refractivity contribution >= 4 is 15.4 Å². The van der Waals surface area contributed by atoms with E-state index in [0.717, 1.165) is 54.9 Å². The maximum Gasteiger partial charge on any atom is -1.00 e. The Balaban J connectivity index is 0.000000199. The van der Waals surface area contributed by atoms with Gasteiger partial charge in [-0.2, -0.15) is 29.3 Å². The third kappa shape index (κ3) is 9.66. The van der Waals surface area contributed by atoms with Crippen LogP contribution in [0.3, 0.4) is 0 Å². The molecule has 3 aliphatic carbocycles. The van der Waals surface area contributed by atoms with Crippen LogP contribution in [0.2, 0.25) is 0 Å². The van der Waals surface area contributed by atoms with Gasteiger partial charge in [0.25, 0.3) is 0 Å². The molecule has 0 nitrogen and oxygen atoms in total. The van der Waals surface area contributed by atoms with Crippen molar-refractivity contribution in [2.24, 2.45) is 0 Å². The second-order valence-corrected chi connectivity index (χ2v) is 17.5. The first kappa shape index (κ1) is 45.3. The minimum Gasteiger partial charge on any atom is -1.00 e. The molecular formula is C47H42Cl2F6Zr-2. The number of hydrogen-bond acceptors (Lipinski definition) is 0. The molecule has 0 spiro atoms. The summed E-state index contributed by atoms with van der Waals surface area (Å²) in [5, 5.41) is 0. The summed E-state index contributed by atoms with van der Waals surface area (Å²) in [6.07, 6.45) is 2.54. The quantitative estimate of drug-likeness (QED) is 0.128. The Bertz CT molecular complexity index is 2110. The van der Waals surface area contributed by atoms with E-state index in [-0.39, 0.29) is 35.6 Å². The van der Waals surface area contributed by atoms with Crippen molar-refractivity contribution < 1.29 is 75.4 Å². The van der Waals surface area contributed by atoms with E-state index < -0.39 is 23.5 Å². The summed E-state index contributed by atoms with van der Waals surface area (Å²) >= 11 is 0.898. The summed E-state index contributed by atoms with van der Waals surface area (Å²) in [6.45, 7) is 15.8. The molecule has 56 heavy (non-hydrogen) atoms. The number of alkyl halides is 6. The van der Waals surface area contributed by atoms with Crippen molar-refractivity contribution in [1.82, 2.24) is 0 Å². The van der Waals surface area contributed by atoms with Crippen LogP contribution in [0.5, 0.6) is 0 Å². The standard InChI is InChI=1S/C23H21.C15H8F6.C9H13.2ClH.Zr/c1-22(2)7-5-14-10-18-16(12-20(14)22)9-17-13-21-15(11-19(17)18)6-8-23(21,3)4;16-14(17,18)12-5-1-10(2-6-12)9-11-3-7-13(8-4-11)15(19,20)21;1-9(2,3)8-6-4-5-7-8;;;/h5-7,10-13H,9H2,1-4H3;1-8H;4-7H,1-3H3;2*1H;/q-1;;-1;;;+2/p-2. The monoisotopic (exact) mass is 880 g/mol. The van der Waals surface area contributed by atoms with Gasteiger partial charge in [0.2, 0.25) is 0 Å². The van der Waals surface area contributed by atoms with Gasteiger partial charge in [-0.25, -0.2) is 12.1 Å². The maximum absolute atomic E-state index is 12.5. The Morgan fingerprint density at radius 1 is 0.661 bits per heavy atom. The number of allylic oxidation sites excluding steroid dienone is 2. The van der Waals surface area contributed by atoms with Gasteiger partial charge in [-0.1, -0.05) is 83.6 Å². The van der Waals surface area contributed by atoms with Gasteiger partial charge < -0.3 is 24.8 Å². The molecule has 0 radical (unpaired) electrons. The molecule has 0 atom stereocenters. The van der Waals surface area contributed by atoms with Gasteiger partial charge in [0, 0.05) is 5.41 Å². The third-order valence-electron chi connectivity index (χ3n) is 10.4. The fourth-order valence-electron chi connectivity index (χ4n) is 7.09. The minimum absolute atomic E-state index is 0. The van der Waals surface area contributed by atoms with Gasteiger partial charge in [-0.15, -0.1) is 11.6 Å². The van der Waals surface area contributed by atoms with E-state index in [1.807, 2.05) is 0 Å². The van der Waals surface area contributed by atoms with Gasteiger partial charge >= 0.3 is 137 Å². The first-order valence-electron chi connectivity index (χ1n) is 17.9. The SMILES string of the molecule is CC(C)(C)c1cc[cH-]c1.CC1(C)[C-]=Cc2cc3c(cc21)Cc1cc2c(cc1-3)C=CC2(C)C.FC(F)(F)c1ccc([C](=[Zr+2])c2ccc(C(F)(F)F)cc2)cc1.[Cl-].[Cl-]. The molecule has 0 heterocycles. The van der Waals surface area contributed by atoms with Crippen molar-refractivity contribution in [2.75, 3.05) is 0 Å². The van der Waals surface area contributed by atoms with Crippen LogP contribution in [0.25, 0.3) is 23.3 Å². The topological polar surface area (TPSA) is 0 Å². The predicted molar refractivity (Wildman–Crippen MR) is 204 cm³/mol. The maximum atomic E-state index is 12.5. The van der Waals surface area contributed by atoms with Crippen LogP contribution in [0.15, 0.2) is 103 Å². The normalized spacial score (nSPS) is 15.1. The van der Waals surface area contributed by atoms with Gasteiger partial charge in [0.15, 0.2) is 0 Å². The number of halogens is 8. The van der Waals surface area contributed by atoms with E-state index >= 15 is 0 Å². The zero-order valence-electron chi connectivity index (χ0n) is 32.2. The average Bonchev–Trinajstić information content (AvgIpc) is 3.88. The van der Waals surface area contributed by atoms with Gasteiger partial charge in [0.1, 0.15) is 0 Å². The smallest absolute Gasteiger partial charge is 1.00 e. The second kappa shape index (κ2) is 16.5. The number of benzene rings is 4. The summed E-state index contributed by atoms with van der Waals surface area (Å²) in [6, 6.07) is 27.3. The van der Waals surface area contributed by atoms with E-state index in [4.69, 9.17) is 0 Å². The van der Waals surface area contributed by atoms with Crippen LogP contribution >= 0.6 is 0 Å². The van der Waals surface area contributed by atoms with Crippen LogP contribution in [0, 0.1) is 6.08 Å². The molecule has 0 unspecified atom stereocenters. The van der Waals surface area contributed by atoms with E-state index in [1.54, 1.807) is 0 Å². The number of rotatable bonds is 2. The second-order valence-electron chi connectivity index (χ2n) is 16.3. The molecular weight excluding hydrogens is 841 g/mol. The first-order valence-corrected chi connectivity index (χ1v) is 19.1. The molecule has 9 heteroatoms. The average molecular weight is 883 g/mol. The molecule has 0 bridgehead atoms. The van der Waals surface area contributed by atoms with E-state index in [0.29, 0.717) is 19.7 Å². The molecule has 0 aromatic heterocycles. The largest absolute Gasteiger partial charge is 1.00 e. The van der Waals surface area contributed by atoms with Crippen molar-refractivity contribution in [1.29, 1.82) is 0 Å². The Morgan fingerprint density at radius 3 is 1.57 bits per heavy atom. The molecule has 8 rings (SSSR count). The summed E-state index contributed by atoms with van der Waals surface area (Å²) in [7, 11) is 0. The fourth-order valence-corrected chi connectivity index (χ4v) is 7.91. The molecule has 0 amide bonds. The molecule has 0 N–H and O–H groups in total. The van der Waals surface area contributed by atoms with Crippen LogP contribution in [-0.2, 0) is 59.3 Å². The van der Waals surface area contributed by atoms with Crippen LogP contribution in [0.4, 0.5) is 26.3 Å². The fraction of sp³-hybridized carbons (Fsp3) is 0.277. The van der Waals surface area contributed by atoms with Gasteiger partial charge in [-0.3, -0.25) is 6.08 Å². The van der Waals surface area contributed by atoms with Crippen LogP contribution in [0.1, 0.15) is 110 Å². The van der Waals surface area contributed by atoms with Crippen LogP contribution in [-0.4, -0.2) is 3.21 Å². The molecule has 0 saturated heterocycles. The molecule has 5 aromatic rings. The molecule has 292 valence electrons. The Kier molecular flexibility index (Phi) is 13.3. The van der Waals surface area contributed by atoms with E-state index in [2.05, 4.69) is 121 Å². The van der Waals surface area contributed by atoms with Crippen LogP contribution < -0.4 is 24.8 Å². The van der Waals surface area contributed by atoms with E-state index in [9.17, 15) is 26.3 Å². The Labute approximate surface area is 353 Å². The number of hydrogen-bond donors (Lipinski definition) is 0. The van der Waals surface area contributed by atoms with Gasteiger partial charge in [-0.05, 0) is 45.9 Å². The number of fused-ring (bicyclic) bond motifs is 5. The molecule has 5 aromatic carbocycles. The molecule has 0 fully saturated rings. The minimum atomic E-state index is -4.41. The molecule has 0 saturated carbocycles. The molecule has 3 aliphatic rings. The van der Waals surface area contributed by atoms with Crippen molar-refractivity contribution in [2.45, 2.75) is 83.5 Å². The third-order valence-corrected chi connectivity index (χ3v) is 11.8. The van der Waals surface area contributed by atoms with E-state index in [1.165, 1.54) is 74.3 Å². The van der Waals surface area contributed by atoms with Crippen molar-refractivity contribution in [3.8, 4) is 11.1 Å². The summed E-state index contributed by atoms with van der Waals surface area (Å²) in [5.74, 6) is 0. The summed E-state index contributed by atoms with van der Waals surface area (Å²) in [4.78, 5) is 0.